The van der Waals surface area contributed by atoms with Crippen LogP contribution in [0.1, 0.15) is 46.5 Å². The molecule has 1 fully saturated rings. The van der Waals surface area contributed by atoms with Crippen molar-refractivity contribution in [3.05, 3.63) is 0 Å². The highest BCUT2D eigenvalue weighted by Crippen LogP contribution is 2.36. The van der Waals surface area contributed by atoms with Crippen LogP contribution in [0.4, 0.5) is 4.79 Å². The molecule has 98 valence electrons. The van der Waals surface area contributed by atoms with Crippen LogP contribution in [-0.2, 0) is 4.79 Å². The lowest BCUT2D eigenvalue weighted by molar-refractivity contribution is -0.139. The number of amides is 2. The van der Waals surface area contributed by atoms with E-state index < -0.39 is 12.0 Å². The molecule has 5 heteroatoms. The number of carbonyl (C=O) groups is 2. The van der Waals surface area contributed by atoms with Gasteiger partial charge in [-0.2, -0.15) is 0 Å². The van der Waals surface area contributed by atoms with Gasteiger partial charge in [0.25, 0.3) is 0 Å². The molecule has 5 nitrogen and oxygen atoms in total. The van der Waals surface area contributed by atoms with Crippen molar-refractivity contribution in [3.8, 4) is 0 Å². The molecule has 1 unspecified atom stereocenters. The second-order valence-electron chi connectivity index (χ2n) is 5.52. The van der Waals surface area contributed by atoms with Gasteiger partial charge in [0, 0.05) is 6.04 Å². The molecule has 1 aliphatic rings. The Morgan fingerprint density at radius 1 is 1.47 bits per heavy atom. The third-order valence-electron chi connectivity index (χ3n) is 3.32. The van der Waals surface area contributed by atoms with Crippen LogP contribution in [0.2, 0.25) is 0 Å². The zero-order valence-corrected chi connectivity index (χ0v) is 10.7. The summed E-state index contributed by atoms with van der Waals surface area (Å²) in [6.07, 6.45) is 3.39. The molecular formula is C12H22N2O3. The van der Waals surface area contributed by atoms with E-state index in [0.717, 1.165) is 19.3 Å². The summed E-state index contributed by atoms with van der Waals surface area (Å²) in [6, 6.07) is -1.01. The van der Waals surface area contributed by atoms with Crippen molar-refractivity contribution in [1.29, 1.82) is 0 Å². The van der Waals surface area contributed by atoms with Crippen LogP contribution < -0.4 is 10.6 Å². The summed E-state index contributed by atoms with van der Waals surface area (Å²) in [5.41, 5.74) is 0.273. The number of nitrogens with one attached hydrogen (secondary N) is 2. The number of urea groups is 1. The Morgan fingerprint density at radius 2 is 2.12 bits per heavy atom. The van der Waals surface area contributed by atoms with Crippen molar-refractivity contribution in [1.82, 2.24) is 10.6 Å². The number of carboxylic acid groups (broad SMARTS) is 1. The molecule has 1 aliphatic carbocycles. The molecule has 1 rings (SSSR count). The first-order valence-corrected chi connectivity index (χ1v) is 6.14. The summed E-state index contributed by atoms with van der Waals surface area (Å²) in [6.45, 7) is 6.09. The molecule has 0 aromatic rings. The van der Waals surface area contributed by atoms with Gasteiger partial charge in [-0.1, -0.05) is 20.8 Å². The summed E-state index contributed by atoms with van der Waals surface area (Å²) in [5, 5.41) is 14.1. The summed E-state index contributed by atoms with van der Waals surface area (Å²) in [7, 11) is 0. The lowest BCUT2D eigenvalue weighted by Crippen LogP contribution is -2.48. The molecule has 0 bridgehead atoms. The maximum absolute atomic E-state index is 11.6. The van der Waals surface area contributed by atoms with Crippen LogP contribution in [0.25, 0.3) is 0 Å². The van der Waals surface area contributed by atoms with Crippen molar-refractivity contribution in [3.63, 3.8) is 0 Å². The van der Waals surface area contributed by atoms with Gasteiger partial charge in [-0.3, -0.25) is 0 Å². The SMILES string of the molecule is CC[C@@H](NC(=O)NC1CCC(C)(C)C1)C(=O)O. The molecule has 1 saturated carbocycles. The number of rotatable bonds is 4. The summed E-state index contributed by atoms with van der Waals surface area (Å²) in [5.74, 6) is -0.991. The standard InChI is InChI=1S/C12H22N2O3/c1-4-9(10(15)16)14-11(17)13-8-5-6-12(2,3)7-8/h8-9H,4-7H2,1-3H3,(H,15,16)(H2,13,14,17)/t8?,9-/m1/s1. The fraction of sp³-hybridized carbons (Fsp3) is 0.833. The van der Waals surface area contributed by atoms with E-state index in [1.807, 2.05) is 0 Å². The van der Waals surface area contributed by atoms with E-state index in [1.54, 1.807) is 6.92 Å². The monoisotopic (exact) mass is 242 g/mol. The smallest absolute Gasteiger partial charge is 0.326 e. The maximum Gasteiger partial charge on any atom is 0.326 e. The summed E-state index contributed by atoms with van der Waals surface area (Å²) >= 11 is 0. The Balaban J connectivity index is 2.37. The van der Waals surface area contributed by atoms with Crippen LogP contribution in [0.3, 0.4) is 0 Å². The zero-order chi connectivity index (χ0) is 13.1. The molecule has 2 amide bonds. The lowest BCUT2D eigenvalue weighted by Gasteiger charge is -2.19. The minimum atomic E-state index is -0.991. The minimum Gasteiger partial charge on any atom is -0.480 e. The van der Waals surface area contributed by atoms with E-state index in [0.29, 0.717) is 6.42 Å². The minimum absolute atomic E-state index is 0.163. The Bertz CT molecular complexity index is 302. The average Bonchev–Trinajstić information content (AvgIpc) is 2.54. The second kappa shape index (κ2) is 5.38. The quantitative estimate of drug-likeness (QED) is 0.702. The highest BCUT2D eigenvalue weighted by atomic mass is 16.4. The zero-order valence-electron chi connectivity index (χ0n) is 10.7. The molecule has 0 radical (unpaired) electrons. The largest absolute Gasteiger partial charge is 0.480 e. The number of hydrogen-bond donors (Lipinski definition) is 3. The van der Waals surface area contributed by atoms with Gasteiger partial charge in [0.1, 0.15) is 6.04 Å². The number of carboxylic acids is 1. The molecule has 0 heterocycles. The predicted octanol–water partition coefficient (Wildman–Crippen LogP) is 1.73. The number of carbonyl (C=O) groups excluding carboxylic acids is 1. The van der Waals surface area contributed by atoms with Crippen molar-refractivity contribution < 1.29 is 14.7 Å². The Hall–Kier alpha value is -1.26. The first-order valence-electron chi connectivity index (χ1n) is 6.14. The van der Waals surface area contributed by atoms with Gasteiger partial charge in [0.05, 0.1) is 0 Å². The van der Waals surface area contributed by atoms with Crippen LogP contribution >= 0.6 is 0 Å². The van der Waals surface area contributed by atoms with E-state index in [4.69, 9.17) is 5.11 Å². The predicted molar refractivity (Wildman–Crippen MR) is 64.8 cm³/mol. The van der Waals surface area contributed by atoms with E-state index in [2.05, 4.69) is 24.5 Å². The van der Waals surface area contributed by atoms with Crippen molar-refractivity contribution in [2.75, 3.05) is 0 Å². The van der Waals surface area contributed by atoms with Gasteiger partial charge in [-0.05, 0) is 31.1 Å². The maximum atomic E-state index is 11.6. The van der Waals surface area contributed by atoms with Crippen LogP contribution in [0.15, 0.2) is 0 Å². The molecule has 3 N–H and O–H groups in total. The Labute approximate surface area is 102 Å². The van der Waals surface area contributed by atoms with Gasteiger partial charge < -0.3 is 15.7 Å². The normalized spacial score (nSPS) is 24.1. The van der Waals surface area contributed by atoms with Crippen LogP contribution in [-0.4, -0.2) is 29.2 Å². The highest BCUT2D eigenvalue weighted by Gasteiger charge is 2.32. The van der Waals surface area contributed by atoms with Crippen LogP contribution in [0.5, 0.6) is 0 Å². The van der Waals surface area contributed by atoms with E-state index in [1.165, 1.54) is 0 Å². The first kappa shape index (κ1) is 13.8. The van der Waals surface area contributed by atoms with Gasteiger partial charge in [0.15, 0.2) is 0 Å². The average molecular weight is 242 g/mol. The van der Waals surface area contributed by atoms with Gasteiger partial charge in [0.2, 0.25) is 0 Å². The molecular weight excluding hydrogens is 220 g/mol. The summed E-state index contributed by atoms with van der Waals surface area (Å²) < 4.78 is 0. The molecule has 0 aromatic carbocycles. The van der Waals surface area contributed by atoms with Crippen molar-refractivity contribution in [2.24, 2.45) is 5.41 Å². The second-order valence-corrected chi connectivity index (χ2v) is 5.52. The van der Waals surface area contributed by atoms with Crippen molar-refractivity contribution >= 4 is 12.0 Å². The van der Waals surface area contributed by atoms with E-state index in [9.17, 15) is 9.59 Å². The van der Waals surface area contributed by atoms with Gasteiger partial charge in [-0.15, -0.1) is 0 Å². The van der Waals surface area contributed by atoms with Gasteiger partial charge in [-0.25, -0.2) is 9.59 Å². The fourth-order valence-corrected chi connectivity index (χ4v) is 2.28. The lowest BCUT2D eigenvalue weighted by atomic mass is 9.92. The topological polar surface area (TPSA) is 78.4 Å². The third-order valence-corrected chi connectivity index (χ3v) is 3.32. The Kier molecular flexibility index (Phi) is 4.37. The Morgan fingerprint density at radius 3 is 2.53 bits per heavy atom. The highest BCUT2D eigenvalue weighted by molar-refractivity contribution is 5.82. The molecule has 0 saturated heterocycles. The van der Waals surface area contributed by atoms with E-state index in [-0.39, 0.29) is 17.5 Å². The van der Waals surface area contributed by atoms with E-state index >= 15 is 0 Å². The van der Waals surface area contributed by atoms with Crippen molar-refractivity contribution in [2.45, 2.75) is 58.5 Å². The van der Waals surface area contributed by atoms with Gasteiger partial charge >= 0.3 is 12.0 Å². The third kappa shape index (κ3) is 4.24. The fourth-order valence-electron chi connectivity index (χ4n) is 2.28. The molecule has 0 spiro atoms. The number of aliphatic carboxylic acids is 1. The summed E-state index contributed by atoms with van der Waals surface area (Å²) in [4.78, 5) is 22.4. The molecule has 2 atom stereocenters. The number of hydrogen-bond acceptors (Lipinski definition) is 2. The molecule has 17 heavy (non-hydrogen) atoms. The molecule has 0 aromatic heterocycles. The van der Waals surface area contributed by atoms with Crippen LogP contribution in [0, 0.1) is 5.41 Å². The molecule has 0 aliphatic heterocycles. The first-order chi connectivity index (χ1) is 7.84.